The predicted octanol–water partition coefficient (Wildman–Crippen LogP) is 1.07. The van der Waals surface area contributed by atoms with E-state index >= 15 is 0 Å². The molecule has 6 heteroatoms. The monoisotopic (exact) mass is 275 g/mol. The fraction of sp³-hybridized carbons (Fsp3) is 0.333. The predicted molar refractivity (Wildman–Crippen MR) is 56.5 cm³/mol. The van der Waals surface area contributed by atoms with Crippen molar-refractivity contribution in [1.82, 2.24) is 5.32 Å². The highest BCUT2D eigenvalue weighted by Crippen LogP contribution is 2.34. The molecule has 1 rings (SSSR count). The van der Waals surface area contributed by atoms with Crippen LogP contribution in [0, 0.1) is 0 Å². The molecule has 0 aromatic heterocycles. The fourth-order valence-electron chi connectivity index (χ4n) is 1.22. The van der Waals surface area contributed by atoms with Crippen molar-refractivity contribution < 1.29 is 19.8 Å². The summed E-state index contributed by atoms with van der Waals surface area (Å²) >= 11 is 3.27. The van der Waals surface area contributed by atoms with Crippen LogP contribution in [0.2, 0.25) is 0 Å². The third-order valence-corrected chi connectivity index (χ3v) is 3.05. The summed E-state index contributed by atoms with van der Waals surface area (Å²) in [6, 6.07) is 0. The number of carboxylic acid groups (broad SMARTS) is 2. The first-order valence-corrected chi connectivity index (χ1v) is 4.91. The Morgan fingerprint density at radius 1 is 1.40 bits per heavy atom. The van der Waals surface area contributed by atoms with Crippen molar-refractivity contribution in [3.05, 3.63) is 23.0 Å². The van der Waals surface area contributed by atoms with Crippen molar-refractivity contribution in [2.24, 2.45) is 0 Å². The molecule has 1 unspecified atom stereocenters. The lowest BCUT2D eigenvalue weighted by Gasteiger charge is -2.28. The lowest BCUT2D eigenvalue weighted by atomic mass is 9.95. The Balaban J connectivity index is 3.22. The van der Waals surface area contributed by atoms with Crippen LogP contribution in [0.3, 0.4) is 0 Å². The Morgan fingerprint density at radius 3 is 2.33 bits per heavy atom. The number of carboxylic acids is 2. The minimum Gasteiger partial charge on any atom is -0.477 e. The van der Waals surface area contributed by atoms with Gasteiger partial charge in [-0.05, 0) is 25.5 Å². The molecule has 0 saturated carbocycles. The number of aliphatic carboxylic acids is 2. The van der Waals surface area contributed by atoms with E-state index in [1.165, 1.54) is 6.08 Å². The maximum absolute atomic E-state index is 10.9. The van der Waals surface area contributed by atoms with E-state index in [1.807, 2.05) is 0 Å². The van der Waals surface area contributed by atoms with Gasteiger partial charge in [0.05, 0.1) is 4.32 Å². The molecular weight excluding hydrogens is 266 g/mol. The average Bonchev–Trinajstić information content (AvgIpc) is 2.08. The second-order valence-corrected chi connectivity index (χ2v) is 5.02. The van der Waals surface area contributed by atoms with Crippen molar-refractivity contribution in [1.29, 1.82) is 0 Å². The number of dihydropyridines is 1. The van der Waals surface area contributed by atoms with Gasteiger partial charge in [0.2, 0.25) is 0 Å². The molecule has 0 fully saturated rings. The van der Waals surface area contributed by atoms with Gasteiger partial charge in [-0.3, -0.25) is 0 Å². The zero-order chi connectivity index (χ0) is 11.8. The van der Waals surface area contributed by atoms with Gasteiger partial charge in [-0.15, -0.1) is 0 Å². The van der Waals surface area contributed by atoms with E-state index in [-0.39, 0.29) is 11.4 Å². The molecule has 1 aliphatic rings. The van der Waals surface area contributed by atoms with Crippen LogP contribution in [0.4, 0.5) is 0 Å². The zero-order valence-electron chi connectivity index (χ0n) is 8.17. The average molecular weight is 276 g/mol. The van der Waals surface area contributed by atoms with Gasteiger partial charge in [-0.25, -0.2) is 9.59 Å². The Kier molecular flexibility index (Phi) is 2.90. The number of rotatable bonds is 2. The molecule has 1 aliphatic heterocycles. The number of carbonyl (C=O) groups is 2. The quantitative estimate of drug-likeness (QED) is 0.657. The first-order valence-electron chi connectivity index (χ1n) is 4.12. The number of hydrogen-bond donors (Lipinski definition) is 3. The number of alkyl halides is 1. The van der Waals surface area contributed by atoms with Crippen LogP contribution >= 0.6 is 15.9 Å². The van der Waals surface area contributed by atoms with Gasteiger partial charge in [0, 0.05) is 0 Å². The van der Waals surface area contributed by atoms with Crippen molar-refractivity contribution >= 4 is 27.9 Å². The molecule has 0 amide bonds. The largest absolute Gasteiger partial charge is 0.477 e. The first-order chi connectivity index (χ1) is 6.75. The number of nitrogens with one attached hydrogen (secondary N) is 1. The molecule has 3 N–H and O–H groups in total. The van der Waals surface area contributed by atoms with Crippen molar-refractivity contribution in [3.63, 3.8) is 0 Å². The van der Waals surface area contributed by atoms with E-state index in [0.29, 0.717) is 5.57 Å². The zero-order valence-corrected chi connectivity index (χ0v) is 9.75. The molecule has 1 atom stereocenters. The maximum atomic E-state index is 10.9. The van der Waals surface area contributed by atoms with Gasteiger partial charge in [0.25, 0.3) is 0 Å². The highest BCUT2D eigenvalue weighted by atomic mass is 79.9. The van der Waals surface area contributed by atoms with E-state index in [2.05, 4.69) is 21.2 Å². The Labute approximate surface area is 94.6 Å². The fourth-order valence-corrected chi connectivity index (χ4v) is 1.64. The van der Waals surface area contributed by atoms with Gasteiger partial charge in [0.15, 0.2) is 0 Å². The second-order valence-electron chi connectivity index (χ2n) is 3.37. The molecule has 0 aliphatic carbocycles. The normalized spacial score (nSPS) is 25.7. The van der Waals surface area contributed by atoms with Gasteiger partial charge < -0.3 is 15.5 Å². The third kappa shape index (κ3) is 2.20. The lowest BCUT2D eigenvalue weighted by molar-refractivity contribution is -0.133. The summed E-state index contributed by atoms with van der Waals surface area (Å²) in [4.78, 5) is 21.6. The third-order valence-electron chi connectivity index (χ3n) is 2.23. The lowest BCUT2D eigenvalue weighted by Crippen LogP contribution is -2.35. The molecule has 15 heavy (non-hydrogen) atoms. The maximum Gasteiger partial charge on any atom is 0.352 e. The van der Waals surface area contributed by atoms with E-state index in [1.54, 1.807) is 13.8 Å². The molecule has 0 bridgehead atoms. The van der Waals surface area contributed by atoms with Crippen LogP contribution in [0.5, 0.6) is 0 Å². The van der Waals surface area contributed by atoms with Crippen LogP contribution in [-0.4, -0.2) is 26.5 Å². The van der Waals surface area contributed by atoms with Crippen LogP contribution < -0.4 is 5.32 Å². The molecular formula is C9H10BrNO4. The van der Waals surface area contributed by atoms with Crippen molar-refractivity contribution in [3.8, 4) is 0 Å². The smallest absolute Gasteiger partial charge is 0.352 e. The highest BCUT2D eigenvalue weighted by molar-refractivity contribution is 9.10. The summed E-state index contributed by atoms with van der Waals surface area (Å²) in [6.45, 7) is 3.31. The molecule has 0 spiro atoms. The van der Waals surface area contributed by atoms with Crippen LogP contribution in [-0.2, 0) is 9.59 Å². The SMILES string of the molecule is CC1=C(C(=O)O)NC(C(=O)O)=CC1(C)Br. The van der Waals surface area contributed by atoms with Crippen LogP contribution in [0.15, 0.2) is 23.0 Å². The summed E-state index contributed by atoms with van der Waals surface area (Å²) < 4.78 is -0.750. The minimum absolute atomic E-state index is 0.103. The van der Waals surface area contributed by atoms with Gasteiger partial charge >= 0.3 is 11.9 Å². The first kappa shape index (κ1) is 11.8. The molecule has 5 nitrogen and oxygen atoms in total. The Hall–Kier alpha value is -1.30. The topological polar surface area (TPSA) is 86.6 Å². The number of halogens is 1. The van der Waals surface area contributed by atoms with E-state index in [4.69, 9.17) is 10.2 Å². The standard InChI is InChI=1S/C9H10BrNO4/c1-4-6(8(14)15)11-5(7(12)13)3-9(4,2)10/h3,11H,1-2H3,(H,12,13)(H,14,15). The van der Waals surface area contributed by atoms with Crippen molar-refractivity contribution in [2.75, 3.05) is 0 Å². The molecule has 0 aromatic carbocycles. The number of allylic oxidation sites excluding steroid dienone is 2. The summed E-state index contributed by atoms with van der Waals surface area (Å²) in [5, 5.41) is 20.0. The van der Waals surface area contributed by atoms with Gasteiger partial charge in [0.1, 0.15) is 11.4 Å². The van der Waals surface area contributed by atoms with Crippen LogP contribution in [0.25, 0.3) is 0 Å². The van der Waals surface area contributed by atoms with E-state index < -0.39 is 16.3 Å². The summed E-state index contributed by atoms with van der Waals surface area (Å²) in [6.07, 6.45) is 1.43. The van der Waals surface area contributed by atoms with E-state index in [9.17, 15) is 9.59 Å². The van der Waals surface area contributed by atoms with Crippen molar-refractivity contribution in [2.45, 2.75) is 18.2 Å². The number of hydrogen-bond acceptors (Lipinski definition) is 3. The van der Waals surface area contributed by atoms with Crippen LogP contribution in [0.1, 0.15) is 13.8 Å². The van der Waals surface area contributed by atoms with Gasteiger partial charge in [-0.2, -0.15) is 0 Å². The minimum atomic E-state index is -1.19. The second kappa shape index (κ2) is 3.69. The van der Waals surface area contributed by atoms with E-state index in [0.717, 1.165) is 0 Å². The molecule has 1 heterocycles. The Morgan fingerprint density at radius 2 is 1.93 bits per heavy atom. The summed E-state index contributed by atoms with van der Waals surface area (Å²) in [5.74, 6) is -2.36. The highest BCUT2D eigenvalue weighted by Gasteiger charge is 2.32. The molecule has 0 saturated heterocycles. The summed E-state index contributed by atoms with van der Waals surface area (Å²) in [7, 11) is 0. The molecule has 0 aromatic rings. The summed E-state index contributed by atoms with van der Waals surface area (Å²) in [5.41, 5.74) is 0.284. The Bertz CT molecular complexity index is 395. The molecule has 82 valence electrons. The molecule has 0 radical (unpaired) electrons. The van der Waals surface area contributed by atoms with Gasteiger partial charge in [-0.1, -0.05) is 15.9 Å².